The van der Waals surface area contributed by atoms with Crippen LogP contribution >= 0.6 is 11.8 Å². The number of carbonyl (C=O) groups is 1. The van der Waals surface area contributed by atoms with Crippen molar-refractivity contribution >= 4 is 16.9 Å². The quantitative estimate of drug-likeness (QED) is 0.588. The molecule has 2 nitrogen and oxygen atoms in total. The SMILES string of the molecule is C=C(N)[C@H]1CSC(=O)C1. The standard InChI is InChI=1S/C6H9NOS/c1-4(7)5-2-6(8)9-3-5/h5H,1-3,7H2/t5-/m1/s1. The van der Waals surface area contributed by atoms with Gasteiger partial charge in [-0.25, -0.2) is 0 Å². The lowest BCUT2D eigenvalue weighted by Crippen LogP contribution is -2.09. The van der Waals surface area contributed by atoms with Crippen molar-refractivity contribution in [2.75, 3.05) is 5.75 Å². The Morgan fingerprint density at radius 1 is 1.89 bits per heavy atom. The van der Waals surface area contributed by atoms with Gasteiger partial charge in [0.15, 0.2) is 5.12 Å². The van der Waals surface area contributed by atoms with Gasteiger partial charge in [-0.15, -0.1) is 0 Å². The van der Waals surface area contributed by atoms with Gasteiger partial charge in [0.2, 0.25) is 0 Å². The minimum absolute atomic E-state index is 0.238. The molecular weight excluding hydrogens is 134 g/mol. The van der Waals surface area contributed by atoms with Gasteiger partial charge in [-0.1, -0.05) is 18.3 Å². The summed E-state index contributed by atoms with van der Waals surface area (Å²) in [6.07, 6.45) is 0.583. The third kappa shape index (κ3) is 1.48. The van der Waals surface area contributed by atoms with Crippen molar-refractivity contribution in [1.29, 1.82) is 0 Å². The molecule has 9 heavy (non-hydrogen) atoms. The van der Waals surface area contributed by atoms with Crippen molar-refractivity contribution in [2.45, 2.75) is 6.42 Å². The normalized spacial score (nSPS) is 26.7. The molecule has 0 aromatic heterocycles. The zero-order valence-corrected chi connectivity index (χ0v) is 5.91. The summed E-state index contributed by atoms with van der Waals surface area (Å²) in [6.45, 7) is 3.58. The Morgan fingerprint density at radius 2 is 2.56 bits per heavy atom. The van der Waals surface area contributed by atoms with Gasteiger partial charge in [-0.05, 0) is 0 Å². The van der Waals surface area contributed by atoms with Crippen LogP contribution in [0.15, 0.2) is 12.3 Å². The maximum atomic E-state index is 10.6. The van der Waals surface area contributed by atoms with Crippen LogP contribution in [-0.4, -0.2) is 10.9 Å². The number of nitrogens with two attached hydrogens (primary N) is 1. The topological polar surface area (TPSA) is 43.1 Å². The zero-order chi connectivity index (χ0) is 6.85. The third-order valence-corrected chi connectivity index (χ3v) is 2.44. The van der Waals surface area contributed by atoms with Gasteiger partial charge < -0.3 is 5.73 Å². The number of hydrogen-bond donors (Lipinski definition) is 1. The van der Waals surface area contributed by atoms with Crippen LogP contribution < -0.4 is 5.73 Å². The predicted molar refractivity (Wildman–Crippen MR) is 38.9 cm³/mol. The van der Waals surface area contributed by atoms with E-state index in [0.717, 1.165) is 5.75 Å². The van der Waals surface area contributed by atoms with E-state index in [1.54, 1.807) is 0 Å². The first kappa shape index (κ1) is 6.68. The van der Waals surface area contributed by atoms with E-state index in [-0.39, 0.29) is 11.0 Å². The largest absolute Gasteiger partial charge is 0.402 e. The molecule has 1 aliphatic rings. The molecule has 2 N–H and O–H groups in total. The highest BCUT2D eigenvalue weighted by molar-refractivity contribution is 8.14. The second-order valence-corrected chi connectivity index (χ2v) is 3.24. The summed E-state index contributed by atoms with van der Waals surface area (Å²) in [5.74, 6) is 1.07. The van der Waals surface area contributed by atoms with Gasteiger partial charge in [0.1, 0.15) is 0 Å². The Hall–Kier alpha value is -0.440. The zero-order valence-electron chi connectivity index (χ0n) is 5.09. The van der Waals surface area contributed by atoms with Crippen LogP contribution in [-0.2, 0) is 4.79 Å². The van der Waals surface area contributed by atoms with Crippen LogP contribution in [0.5, 0.6) is 0 Å². The van der Waals surface area contributed by atoms with E-state index < -0.39 is 0 Å². The van der Waals surface area contributed by atoms with E-state index in [2.05, 4.69) is 6.58 Å². The number of hydrogen-bond acceptors (Lipinski definition) is 3. The third-order valence-electron chi connectivity index (χ3n) is 1.38. The van der Waals surface area contributed by atoms with Gasteiger partial charge in [-0.3, -0.25) is 4.79 Å². The molecule has 0 bridgehead atoms. The molecule has 0 aromatic rings. The van der Waals surface area contributed by atoms with Crippen LogP contribution in [0.1, 0.15) is 6.42 Å². The molecule has 50 valence electrons. The monoisotopic (exact) mass is 143 g/mol. The molecule has 1 rings (SSSR count). The number of carbonyl (C=O) groups excluding carboxylic acids is 1. The number of allylic oxidation sites excluding steroid dienone is 1. The van der Waals surface area contributed by atoms with Gasteiger partial charge in [0.05, 0.1) is 0 Å². The summed E-state index contributed by atoms with van der Waals surface area (Å²) < 4.78 is 0. The molecule has 0 spiro atoms. The van der Waals surface area contributed by atoms with E-state index >= 15 is 0 Å². The molecule has 0 radical (unpaired) electrons. The number of thioether (sulfide) groups is 1. The highest BCUT2D eigenvalue weighted by Crippen LogP contribution is 2.27. The van der Waals surface area contributed by atoms with Gasteiger partial charge in [0.25, 0.3) is 0 Å². The molecule has 0 saturated carbocycles. The van der Waals surface area contributed by atoms with Gasteiger partial charge in [0, 0.05) is 23.8 Å². The lowest BCUT2D eigenvalue weighted by molar-refractivity contribution is -0.110. The van der Waals surface area contributed by atoms with Gasteiger partial charge in [-0.2, -0.15) is 0 Å². The van der Waals surface area contributed by atoms with E-state index in [9.17, 15) is 4.79 Å². The summed E-state index contributed by atoms with van der Waals surface area (Å²) in [5, 5.41) is 0.242. The Labute approximate surface area is 58.5 Å². The lowest BCUT2D eigenvalue weighted by Gasteiger charge is -2.02. The van der Waals surface area contributed by atoms with Crippen LogP contribution in [0.25, 0.3) is 0 Å². The summed E-state index contributed by atoms with van der Waals surface area (Å²) in [6, 6.07) is 0. The van der Waals surface area contributed by atoms with Gasteiger partial charge >= 0.3 is 0 Å². The first-order valence-corrected chi connectivity index (χ1v) is 3.78. The molecular formula is C6H9NOS. The molecule has 1 fully saturated rings. The summed E-state index contributed by atoms with van der Waals surface area (Å²) >= 11 is 1.35. The van der Waals surface area contributed by atoms with Crippen molar-refractivity contribution < 1.29 is 4.79 Å². The molecule has 0 aliphatic carbocycles. The van der Waals surface area contributed by atoms with E-state index in [1.807, 2.05) is 0 Å². The summed E-state index contributed by atoms with van der Waals surface area (Å²) in [5.41, 5.74) is 6.05. The van der Waals surface area contributed by atoms with E-state index in [0.29, 0.717) is 12.1 Å². The molecule has 0 aromatic carbocycles. The first-order valence-electron chi connectivity index (χ1n) is 2.80. The van der Waals surface area contributed by atoms with Crippen LogP contribution in [0.3, 0.4) is 0 Å². The fourth-order valence-electron chi connectivity index (χ4n) is 0.751. The Kier molecular flexibility index (Phi) is 1.81. The van der Waals surface area contributed by atoms with E-state index in [4.69, 9.17) is 5.73 Å². The number of rotatable bonds is 1. The predicted octanol–water partition coefficient (Wildman–Crippen LogP) is 0.739. The highest BCUT2D eigenvalue weighted by Gasteiger charge is 2.23. The molecule has 0 amide bonds. The van der Waals surface area contributed by atoms with Crippen molar-refractivity contribution in [3.63, 3.8) is 0 Å². The average molecular weight is 143 g/mol. The van der Waals surface area contributed by atoms with Crippen molar-refractivity contribution in [2.24, 2.45) is 11.7 Å². The molecule has 0 unspecified atom stereocenters. The Bertz CT molecular complexity index is 155. The highest BCUT2D eigenvalue weighted by atomic mass is 32.2. The maximum absolute atomic E-state index is 10.6. The maximum Gasteiger partial charge on any atom is 0.189 e. The second kappa shape index (κ2) is 2.43. The fourth-order valence-corrected chi connectivity index (χ4v) is 1.79. The Morgan fingerprint density at radius 3 is 2.78 bits per heavy atom. The lowest BCUT2D eigenvalue weighted by atomic mass is 10.1. The first-order chi connectivity index (χ1) is 4.20. The second-order valence-electron chi connectivity index (χ2n) is 2.16. The minimum Gasteiger partial charge on any atom is -0.402 e. The minimum atomic E-state index is 0.238. The molecule has 1 saturated heterocycles. The molecule has 1 atom stereocenters. The Balaban J connectivity index is 2.48. The van der Waals surface area contributed by atoms with Crippen LogP contribution in [0.2, 0.25) is 0 Å². The van der Waals surface area contributed by atoms with E-state index in [1.165, 1.54) is 11.8 Å². The fraction of sp³-hybridized carbons (Fsp3) is 0.500. The van der Waals surface area contributed by atoms with Crippen molar-refractivity contribution in [1.82, 2.24) is 0 Å². The van der Waals surface area contributed by atoms with Crippen LogP contribution in [0.4, 0.5) is 0 Å². The average Bonchev–Trinajstić information content (AvgIpc) is 2.14. The van der Waals surface area contributed by atoms with Crippen LogP contribution in [0, 0.1) is 5.92 Å². The molecule has 1 aliphatic heterocycles. The van der Waals surface area contributed by atoms with Crippen molar-refractivity contribution in [3.05, 3.63) is 12.3 Å². The molecule has 1 heterocycles. The van der Waals surface area contributed by atoms with Crippen molar-refractivity contribution in [3.8, 4) is 0 Å². The summed E-state index contributed by atoms with van der Waals surface area (Å²) in [4.78, 5) is 10.6. The molecule has 3 heteroatoms. The summed E-state index contributed by atoms with van der Waals surface area (Å²) in [7, 11) is 0. The smallest absolute Gasteiger partial charge is 0.189 e.